The molecule has 0 N–H and O–H groups in total. The van der Waals surface area contributed by atoms with Gasteiger partial charge in [0.25, 0.3) is 0 Å². The molecule has 6 nitrogen and oxygen atoms in total. The number of allylic oxidation sites excluding steroid dienone is 2. The summed E-state index contributed by atoms with van der Waals surface area (Å²) in [6, 6.07) is 0. The summed E-state index contributed by atoms with van der Waals surface area (Å²) in [4.78, 5) is 12.4. The third-order valence-corrected chi connectivity index (χ3v) is 8.46. The highest BCUT2D eigenvalue weighted by molar-refractivity contribution is 5.93. The minimum atomic E-state index is -0.249. The molecule has 0 radical (unpaired) electrons. The molecule has 0 amide bonds. The van der Waals surface area contributed by atoms with Gasteiger partial charge in [0.15, 0.2) is 12.6 Å². The van der Waals surface area contributed by atoms with Crippen molar-refractivity contribution in [3.05, 3.63) is 35.5 Å². The molecule has 1 saturated carbocycles. The minimum Gasteiger partial charge on any atom is -0.465 e. The van der Waals surface area contributed by atoms with Crippen LogP contribution in [0.5, 0.6) is 0 Å². The zero-order valence-corrected chi connectivity index (χ0v) is 23.2. The summed E-state index contributed by atoms with van der Waals surface area (Å²) >= 11 is 0. The molecule has 208 valence electrons. The van der Waals surface area contributed by atoms with Crippen molar-refractivity contribution in [3.63, 3.8) is 0 Å². The van der Waals surface area contributed by atoms with Crippen LogP contribution in [-0.4, -0.2) is 51.1 Å². The van der Waals surface area contributed by atoms with Gasteiger partial charge in [-0.3, -0.25) is 0 Å². The monoisotopic (exact) mass is 516 g/mol. The van der Waals surface area contributed by atoms with Crippen molar-refractivity contribution in [2.24, 2.45) is 17.8 Å². The Hall–Kier alpha value is -1.47. The molecule has 0 bridgehead atoms. The molecule has 2 unspecified atom stereocenters. The van der Waals surface area contributed by atoms with Crippen molar-refractivity contribution in [1.29, 1.82) is 0 Å². The van der Waals surface area contributed by atoms with Crippen LogP contribution < -0.4 is 0 Å². The maximum absolute atomic E-state index is 12.4. The normalized spacial score (nSPS) is 33.4. The second kappa shape index (κ2) is 14.6. The third-order valence-electron chi connectivity index (χ3n) is 8.46. The minimum absolute atomic E-state index is 0.0512. The summed E-state index contributed by atoms with van der Waals surface area (Å²) in [5, 5.41) is 0. The molecule has 37 heavy (non-hydrogen) atoms. The maximum Gasteiger partial charge on any atom is 0.337 e. The van der Waals surface area contributed by atoms with E-state index in [9.17, 15) is 4.79 Å². The van der Waals surface area contributed by atoms with Crippen LogP contribution in [0.1, 0.15) is 90.9 Å². The first-order valence-corrected chi connectivity index (χ1v) is 14.8. The van der Waals surface area contributed by atoms with Gasteiger partial charge < -0.3 is 23.7 Å². The van der Waals surface area contributed by atoms with Gasteiger partial charge in [-0.1, -0.05) is 50.5 Å². The molecule has 2 saturated heterocycles. The van der Waals surface area contributed by atoms with E-state index < -0.39 is 0 Å². The molecule has 7 atom stereocenters. The molecule has 0 spiro atoms. The summed E-state index contributed by atoms with van der Waals surface area (Å²) in [5.41, 5.74) is 1.81. The second-order valence-electron chi connectivity index (χ2n) is 11.1. The van der Waals surface area contributed by atoms with Crippen molar-refractivity contribution in [3.8, 4) is 0 Å². The van der Waals surface area contributed by atoms with E-state index in [0.717, 1.165) is 76.6 Å². The first-order chi connectivity index (χ1) is 18.1. The van der Waals surface area contributed by atoms with Crippen LogP contribution in [0.15, 0.2) is 35.5 Å². The van der Waals surface area contributed by atoms with Crippen LogP contribution in [0.2, 0.25) is 0 Å². The first kappa shape index (κ1) is 28.5. The fourth-order valence-electron chi connectivity index (χ4n) is 6.46. The lowest BCUT2D eigenvalue weighted by atomic mass is 9.88. The third kappa shape index (κ3) is 7.78. The SMILES string of the molecule is C/C=C(\C(=O)OC)C1=C[C@H]2C[C@@H](OC3CCCCO3)[C@H](/C=C/[C@H](CCCCC)OC3CCCCO3)[C@H]2C1. The summed E-state index contributed by atoms with van der Waals surface area (Å²) in [6.07, 6.45) is 21.7. The Morgan fingerprint density at radius 3 is 2.51 bits per heavy atom. The largest absolute Gasteiger partial charge is 0.465 e. The Bertz CT molecular complexity index is 805. The quantitative estimate of drug-likeness (QED) is 0.125. The van der Waals surface area contributed by atoms with E-state index in [-0.39, 0.29) is 36.7 Å². The second-order valence-corrected chi connectivity index (χ2v) is 11.1. The summed E-state index contributed by atoms with van der Waals surface area (Å²) < 4.78 is 30.0. The zero-order valence-electron chi connectivity index (χ0n) is 23.2. The average molecular weight is 517 g/mol. The number of fused-ring (bicyclic) bond motifs is 1. The van der Waals surface area contributed by atoms with Crippen LogP contribution in [0.4, 0.5) is 0 Å². The van der Waals surface area contributed by atoms with Gasteiger partial charge in [0.1, 0.15) is 0 Å². The predicted octanol–water partition coefficient (Wildman–Crippen LogP) is 6.65. The number of methoxy groups -OCH3 is 1. The molecule has 2 aliphatic carbocycles. The lowest BCUT2D eigenvalue weighted by molar-refractivity contribution is -0.193. The maximum atomic E-state index is 12.4. The van der Waals surface area contributed by atoms with Crippen LogP contribution in [0.3, 0.4) is 0 Å². The molecule has 4 aliphatic rings. The van der Waals surface area contributed by atoms with Crippen LogP contribution in [0, 0.1) is 17.8 Å². The Morgan fingerprint density at radius 2 is 1.86 bits per heavy atom. The topological polar surface area (TPSA) is 63.2 Å². The van der Waals surface area contributed by atoms with Crippen LogP contribution in [0.25, 0.3) is 0 Å². The zero-order chi connectivity index (χ0) is 26.0. The molecule has 4 rings (SSSR count). The van der Waals surface area contributed by atoms with Gasteiger partial charge in [-0.05, 0) is 82.1 Å². The van der Waals surface area contributed by atoms with Gasteiger partial charge in [0, 0.05) is 19.1 Å². The standard InChI is InChI=1S/C31H48O6/c1-4-6-7-12-24(36-29-13-8-10-17-34-29)15-16-26-27-20-22(25(5-2)31(32)33-3)19-23(27)21-28(26)37-30-14-9-11-18-35-30/h5,15-16,19,23-24,26-30H,4,6-14,17-18,20-21H2,1-3H3/b16-15+,25-5-/t23-,24-,26+,27-,28+,29?,30?/m0/s1. The van der Waals surface area contributed by atoms with Crippen molar-refractivity contribution >= 4 is 5.97 Å². The number of esters is 1. The highest BCUT2D eigenvalue weighted by atomic mass is 16.7. The lowest BCUT2D eigenvalue weighted by Gasteiger charge is -2.30. The fraction of sp³-hybridized carbons (Fsp3) is 0.774. The van der Waals surface area contributed by atoms with Crippen molar-refractivity contribution in [2.75, 3.05) is 20.3 Å². The number of rotatable bonds is 12. The Labute approximate surface area is 223 Å². The highest BCUT2D eigenvalue weighted by Gasteiger charge is 2.46. The molecular formula is C31H48O6. The van der Waals surface area contributed by atoms with E-state index in [4.69, 9.17) is 23.7 Å². The predicted molar refractivity (Wildman–Crippen MR) is 144 cm³/mol. The fourth-order valence-corrected chi connectivity index (χ4v) is 6.46. The van der Waals surface area contributed by atoms with Crippen molar-refractivity contribution < 1.29 is 28.5 Å². The average Bonchev–Trinajstić information content (AvgIpc) is 3.46. The number of hydrogen-bond donors (Lipinski definition) is 0. The molecule has 2 heterocycles. The highest BCUT2D eigenvalue weighted by Crippen LogP contribution is 2.50. The Balaban J connectivity index is 1.49. The lowest BCUT2D eigenvalue weighted by Crippen LogP contribution is -2.31. The van der Waals surface area contributed by atoms with Crippen LogP contribution in [-0.2, 0) is 28.5 Å². The van der Waals surface area contributed by atoms with E-state index in [0.29, 0.717) is 17.4 Å². The Kier molecular flexibility index (Phi) is 11.3. The van der Waals surface area contributed by atoms with Crippen molar-refractivity contribution in [1.82, 2.24) is 0 Å². The summed E-state index contributed by atoms with van der Waals surface area (Å²) in [5.74, 6) is 0.798. The number of hydrogen-bond acceptors (Lipinski definition) is 6. The molecule has 2 aliphatic heterocycles. The van der Waals surface area contributed by atoms with Gasteiger partial charge >= 0.3 is 5.97 Å². The van der Waals surface area contributed by atoms with Gasteiger partial charge in [0.05, 0.1) is 24.9 Å². The molecule has 0 aromatic heterocycles. The number of carbonyl (C=O) groups is 1. The summed E-state index contributed by atoms with van der Waals surface area (Å²) in [6.45, 7) is 5.73. The number of carbonyl (C=O) groups excluding carboxylic acids is 1. The number of unbranched alkanes of at least 4 members (excludes halogenated alkanes) is 2. The first-order valence-electron chi connectivity index (χ1n) is 14.8. The molecular weight excluding hydrogens is 468 g/mol. The van der Waals surface area contributed by atoms with Crippen LogP contribution >= 0.6 is 0 Å². The molecule has 0 aromatic rings. The van der Waals surface area contributed by atoms with Gasteiger partial charge in [-0.25, -0.2) is 4.79 Å². The Morgan fingerprint density at radius 1 is 1.11 bits per heavy atom. The van der Waals surface area contributed by atoms with Gasteiger partial charge in [-0.2, -0.15) is 0 Å². The smallest absolute Gasteiger partial charge is 0.337 e. The van der Waals surface area contributed by atoms with E-state index >= 15 is 0 Å². The number of ether oxygens (including phenoxy) is 5. The van der Waals surface area contributed by atoms with E-state index in [1.807, 2.05) is 13.0 Å². The summed E-state index contributed by atoms with van der Waals surface area (Å²) in [7, 11) is 1.45. The molecule has 0 aromatic carbocycles. The van der Waals surface area contributed by atoms with E-state index in [1.54, 1.807) is 0 Å². The van der Waals surface area contributed by atoms with Gasteiger partial charge in [0.2, 0.25) is 0 Å². The van der Waals surface area contributed by atoms with E-state index in [1.165, 1.54) is 26.4 Å². The van der Waals surface area contributed by atoms with E-state index in [2.05, 4.69) is 25.2 Å². The molecule has 6 heteroatoms. The molecule has 3 fully saturated rings. The van der Waals surface area contributed by atoms with Gasteiger partial charge in [-0.15, -0.1) is 0 Å². The van der Waals surface area contributed by atoms with Crippen molar-refractivity contribution in [2.45, 2.75) is 116 Å².